The van der Waals surface area contributed by atoms with Crippen LogP contribution in [0.5, 0.6) is 0 Å². The van der Waals surface area contributed by atoms with Gasteiger partial charge in [0.25, 0.3) is 0 Å². The zero-order chi connectivity index (χ0) is 13.3. The van der Waals surface area contributed by atoms with Gasteiger partial charge in [-0.1, -0.05) is 0 Å². The molecule has 0 spiro atoms. The highest BCUT2D eigenvalue weighted by Crippen LogP contribution is 2.11. The Kier molecular flexibility index (Phi) is 3.55. The topological polar surface area (TPSA) is 80.1 Å². The molecule has 3 rings (SSSR count). The van der Waals surface area contributed by atoms with Gasteiger partial charge in [-0.05, 0) is 6.42 Å². The molecule has 0 amide bonds. The Morgan fingerprint density at radius 1 is 1.42 bits per heavy atom. The number of hydrogen-bond donors (Lipinski definition) is 1. The number of fused-ring (bicyclic) bond motifs is 1. The summed E-state index contributed by atoms with van der Waals surface area (Å²) in [7, 11) is -2.83. The first-order valence-electron chi connectivity index (χ1n) is 6.65. The van der Waals surface area contributed by atoms with E-state index in [0.717, 1.165) is 38.4 Å². The Morgan fingerprint density at radius 3 is 3.16 bits per heavy atom. The average Bonchev–Trinajstić information content (AvgIpc) is 2.82. The Hall–Kier alpha value is -0.990. The molecule has 0 aliphatic carbocycles. The first-order valence-corrected chi connectivity index (χ1v) is 8.47. The van der Waals surface area contributed by atoms with Crippen LogP contribution >= 0.6 is 0 Å². The Labute approximate surface area is 112 Å². The maximum atomic E-state index is 11.6. The second-order valence-corrected chi connectivity index (χ2v) is 7.50. The third-order valence-electron chi connectivity index (χ3n) is 3.81. The molecule has 2 aliphatic rings. The van der Waals surface area contributed by atoms with Crippen molar-refractivity contribution in [2.45, 2.75) is 25.6 Å². The van der Waals surface area contributed by atoms with E-state index in [1.54, 1.807) is 6.33 Å². The van der Waals surface area contributed by atoms with Crippen LogP contribution < -0.4 is 5.32 Å². The summed E-state index contributed by atoms with van der Waals surface area (Å²) < 4.78 is 25.2. The number of rotatable bonds is 3. The minimum atomic E-state index is -2.83. The molecule has 106 valence electrons. The van der Waals surface area contributed by atoms with Gasteiger partial charge in [0.2, 0.25) is 0 Å². The predicted molar refractivity (Wildman–Crippen MR) is 70.4 cm³/mol. The zero-order valence-corrected chi connectivity index (χ0v) is 11.6. The Bertz CT molecular complexity index is 541. The van der Waals surface area contributed by atoms with Crippen LogP contribution in [0.4, 0.5) is 0 Å². The van der Waals surface area contributed by atoms with E-state index in [1.165, 1.54) is 0 Å². The fourth-order valence-corrected chi connectivity index (χ4v) is 4.19. The number of aromatic nitrogens is 3. The summed E-state index contributed by atoms with van der Waals surface area (Å²) in [6.45, 7) is 4.18. The Balaban J connectivity index is 1.51. The van der Waals surface area contributed by atoms with Crippen LogP contribution in [0.3, 0.4) is 0 Å². The summed E-state index contributed by atoms with van der Waals surface area (Å²) >= 11 is 0. The summed E-state index contributed by atoms with van der Waals surface area (Å²) in [6.07, 6.45) is 2.63. The molecule has 0 radical (unpaired) electrons. The van der Waals surface area contributed by atoms with Gasteiger partial charge in [-0.25, -0.2) is 8.42 Å². The maximum absolute atomic E-state index is 11.6. The highest BCUT2D eigenvalue weighted by molar-refractivity contribution is 7.91. The van der Waals surface area contributed by atoms with Gasteiger partial charge in [-0.3, -0.25) is 4.90 Å². The third kappa shape index (κ3) is 3.13. The molecular weight excluding hydrogens is 266 g/mol. The number of hydrogen-bond acceptors (Lipinski definition) is 6. The first-order chi connectivity index (χ1) is 9.12. The minimum Gasteiger partial charge on any atom is -0.315 e. The largest absolute Gasteiger partial charge is 0.315 e. The second kappa shape index (κ2) is 5.18. The molecule has 1 atom stereocenters. The fraction of sp³-hybridized carbons (Fsp3) is 0.818. The van der Waals surface area contributed by atoms with Crippen LogP contribution in [0, 0.1) is 0 Å². The lowest BCUT2D eigenvalue weighted by atomic mass is 10.2. The molecule has 1 unspecified atom stereocenters. The van der Waals surface area contributed by atoms with Crippen LogP contribution in [0.2, 0.25) is 0 Å². The van der Waals surface area contributed by atoms with Gasteiger partial charge < -0.3 is 9.88 Å². The van der Waals surface area contributed by atoms with Crippen molar-refractivity contribution in [3.05, 3.63) is 12.2 Å². The van der Waals surface area contributed by atoms with Crippen molar-refractivity contribution in [3.8, 4) is 0 Å². The lowest BCUT2D eigenvalue weighted by molar-refractivity contribution is 0.207. The molecule has 7 nitrogen and oxygen atoms in total. The van der Waals surface area contributed by atoms with Crippen LogP contribution in [-0.4, -0.2) is 65.3 Å². The van der Waals surface area contributed by atoms with Crippen molar-refractivity contribution in [1.29, 1.82) is 0 Å². The van der Waals surface area contributed by atoms with E-state index in [0.29, 0.717) is 6.54 Å². The van der Waals surface area contributed by atoms with E-state index >= 15 is 0 Å². The molecule has 1 N–H and O–H groups in total. The molecule has 8 heteroatoms. The van der Waals surface area contributed by atoms with Crippen molar-refractivity contribution >= 4 is 9.84 Å². The van der Waals surface area contributed by atoms with E-state index in [2.05, 4.69) is 25.0 Å². The highest BCUT2D eigenvalue weighted by atomic mass is 32.2. The van der Waals surface area contributed by atoms with Gasteiger partial charge in [0.15, 0.2) is 9.84 Å². The molecule has 0 bridgehead atoms. The SMILES string of the molecule is O=S1(=O)CCNC(CCN2CCn3cnnc3C2)C1. The second-order valence-electron chi connectivity index (χ2n) is 5.27. The molecule has 2 aliphatic heterocycles. The maximum Gasteiger partial charge on any atom is 0.153 e. The van der Waals surface area contributed by atoms with Gasteiger partial charge >= 0.3 is 0 Å². The molecule has 19 heavy (non-hydrogen) atoms. The highest BCUT2D eigenvalue weighted by Gasteiger charge is 2.25. The minimum absolute atomic E-state index is 0.0959. The van der Waals surface area contributed by atoms with Gasteiger partial charge in [0.1, 0.15) is 12.2 Å². The summed E-state index contributed by atoms with van der Waals surface area (Å²) in [4.78, 5) is 2.31. The van der Waals surface area contributed by atoms with Crippen LogP contribution in [0.1, 0.15) is 12.2 Å². The van der Waals surface area contributed by atoms with Crippen molar-refractivity contribution < 1.29 is 8.42 Å². The summed E-state index contributed by atoms with van der Waals surface area (Å²) in [5.41, 5.74) is 0. The van der Waals surface area contributed by atoms with Crippen molar-refractivity contribution in [2.75, 3.05) is 31.1 Å². The lowest BCUT2D eigenvalue weighted by Gasteiger charge is -2.30. The number of sulfone groups is 1. The molecule has 3 heterocycles. The van der Waals surface area contributed by atoms with E-state index < -0.39 is 9.84 Å². The first kappa shape index (κ1) is 13.0. The lowest BCUT2D eigenvalue weighted by Crippen LogP contribution is -2.47. The molecule has 0 aromatic carbocycles. The van der Waals surface area contributed by atoms with Crippen molar-refractivity contribution in [2.24, 2.45) is 0 Å². The van der Waals surface area contributed by atoms with Crippen LogP contribution in [0.25, 0.3) is 0 Å². The summed E-state index contributed by atoms with van der Waals surface area (Å²) in [5, 5.41) is 11.3. The van der Waals surface area contributed by atoms with E-state index in [9.17, 15) is 8.42 Å². The van der Waals surface area contributed by atoms with Gasteiger partial charge in [0.05, 0.1) is 18.1 Å². The summed E-state index contributed by atoms with van der Waals surface area (Å²) in [6, 6.07) is 0.0959. The van der Waals surface area contributed by atoms with E-state index in [-0.39, 0.29) is 17.5 Å². The Morgan fingerprint density at radius 2 is 2.32 bits per heavy atom. The molecule has 1 aromatic rings. The van der Waals surface area contributed by atoms with Gasteiger partial charge in [-0.15, -0.1) is 10.2 Å². The van der Waals surface area contributed by atoms with Crippen molar-refractivity contribution in [1.82, 2.24) is 25.0 Å². The number of nitrogens with one attached hydrogen (secondary N) is 1. The van der Waals surface area contributed by atoms with Crippen LogP contribution in [-0.2, 0) is 22.9 Å². The number of nitrogens with zero attached hydrogens (tertiary/aromatic N) is 4. The van der Waals surface area contributed by atoms with E-state index in [4.69, 9.17) is 0 Å². The molecule has 1 aromatic heterocycles. The van der Waals surface area contributed by atoms with Crippen LogP contribution in [0.15, 0.2) is 6.33 Å². The monoisotopic (exact) mass is 285 g/mol. The van der Waals surface area contributed by atoms with Gasteiger partial charge in [-0.2, -0.15) is 0 Å². The molecular formula is C11H19N5O2S. The third-order valence-corrected chi connectivity index (χ3v) is 5.55. The fourth-order valence-electron chi connectivity index (χ4n) is 2.70. The van der Waals surface area contributed by atoms with E-state index in [1.807, 2.05) is 0 Å². The molecule has 1 saturated heterocycles. The quantitative estimate of drug-likeness (QED) is 0.757. The molecule has 1 fully saturated rings. The predicted octanol–water partition coefficient (Wildman–Crippen LogP) is -1.13. The zero-order valence-electron chi connectivity index (χ0n) is 10.8. The standard InChI is InChI=1S/C11H19N5O2S/c17-19(18)6-2-12-10(8-19)1-3-15-4-5-16-9-13-14-11(16)7-15/h9-10,12H,1-8H2. The summed E-state index contributed by atoms with van der Waals surface area (Å²) in [5.74, 6) is 1.54. The normalized spacial score (nSPS) is 27.1. The van der Waals surface area contributed by atoms with Crippen molar-refractivity contribution in [3.63, 3.8) is 0 Å². The smallest absolute Gasteiger partial charge is 0.153 e. The average molecular weight is 285 g/mol. The van der Waals surface area contributed by atoms with Gasteiger partial charge in [0, 0.05) is 32.2 Å². The molecule has 0 saturated carbocycles.